The van der Waals surface area contributed by atoms with Crippen LogP contribution in [-0.4, -0.2) is 38.4 Å². The summed E-state index contributed by atoms with van der Waals surface area (Å²) in [5.74, 6) is 0.490. The number of imide groups is 1. The van der Waals surface area contributed by atoms with E-state index in [1.807, 2.05) is 24.3 Å². The predicted octanol–water partition coefficient (Wildman–Crippen LogP) is 2.44. The average Bonchev–Trinajstić information content (AvgIpc) is 3.36. The van der Waals surface area contributed by atoms with E-state index in [4.69, 9.17) is 4.98 Å². The molecule has 1 saturated heterocycles. The number of hydrogen-bond donors (Lipinski definition) is 4. The van der Waals surface area contributed by atoms with Crippen LogP contribution in [0, 0.1) is 0 Å². The first-order chi connectivity index (χ1) is 15.4. The molecule has 2 aromatic heterocycles. The minimum absolute atomic E-state index is 0.0389. The van der Waals surface area contributed by atoms with E-state index in [0.717, 1.165) is 24.3 Å². The van der Waals surface area contributed by atoms with Crippen LogP contribution in [0.5, 0.6) is 0 Å². The van der Waals surface area contributed by atoms with Gasteiger partial charge >= 0.3 is 0 Å². The topological polar surface area (TPSA) is 130 Å². The lowest BCUT2D eigenvalue weighted by Crippen LogP contribution is -2.19. The van der Waals surface area contributed by atoms with E-state index in [-0.39, 0.29) is 18.2 Å². The molecule has 1 aliphatic carbocycles. The van der Waals surface area contributed by atoms with Crippen molar-refractivity contribution < 1.29 is 14.4 Å². The predicted molar refractivity (Wildman–Crippen MR) is 119 cm³/mol. The van der Waals surface area contributed by atoms with E-state index in [1.54, 1.807) is 22.9 Å². The van der Waals surface area contributed by atoms with Gasteiger partial charge < -0.3 is 16.0 Å². The molecule has 3 aromatic rings. The molecule has 3 heterocycles. The number of nitrogens with zero attached hydrogens (tertiary/aromatic N) is 3. The van der Waals surface area contributed by atoms with Gasteiger partial charge in [-0.25, -0.2) is 4.98 Å². The maximum absolute atomic E-state index is 12.0. The van der Waals surface area contributed by atoms with Crippen LogP contribution < -0.4 is 21.3 Å². The zero-order valence-corrected chi connectivity index (χ0v) is 17.3. The highest BCUT2D eigenvalue weighted by Crippen LogP contribution is 2.29. The molecule has 10 heteroatoms. The molecule has 4 N–H and O–H groups in total. The molecule has 10 nitrogen and oxygen atoms in total. The highest BCUT2D eigenvalue weighted by atomic mass is 16.2. The van der Waals surface area contributed by atoms with Gasteiger partial charge in [-0.2, -0.15) is 9.61 Å². The largest absolute Gasteiger partial charge is 0.367 e. The Morgan fingerprint density at radius 2 is 2.03 bits per heavy atom. The molecule has 5 rings (SSSR count). The Morgan fingerprint density at radius 3 is 2.75 bits per heavy atom. The second-order valence-electron chi connectivity index (χ2n) is 7.89. The van der Waals surface area contributed by atoms with Crippen LogP contribution in [0.1, 0.15) is 31.7 Å². The van der Waals surface area contributed by atoms with Crippen molar-refractivity contribution in [1.29, 1.82) is 0 Å². The maximum Gasteiger partial charge on any atom is 0.254 e. The third kappa shape index (κ3) is 4.15. The van der Waals surface area contributed by atoms with E-state index in [2.05, 4.69) is 26.4 Å². The molecule has 2 fully saturated rings. The fourth-order valence-electron chi connectivity index (χ4n) is 3.52. The summed E-state index contributed by atoms with van der Waals surface area (Å²) in [7, 11) is 0. The van der Waals surface area contributed by atoms with Crippen molar-refractivity contribution in [3.8, 4) is 0 Å². The van der Waals surface area contributed by atoms with Gasteiger partial charge in [0.15, 0.2) is 5.65 Å². The smallest absolute Gasteiger partial charge is 0.254 e. The third-order valence-corrected chi connectivity index (χ3v) is 5.11. The van der Waals surface area contributed by atoms with Crippen LogP contribution in [0.15, 0.2) is 42.1 Å². The first-order valence-corrected chi connectivity index (χ1v) is 10.3. The van der Waals surface area contributed by atoms with Crippen molar-refractivity contribution in [1.82, 2.24) is 19.9 Å². The molecule has 0 radical (unpaired) electrons. The lowest BCUT2D eigenvalue weighted by atomic mass is 10.1. The van der Waals surface area contributed by atoms with Gasteiger partial charge in [-0.15, -0.1) is 0 Å². The van der Waals surface area contributed by atoms with Gasteiger partial charge in [-0.3, -0.25) is 19.7 Å². The number of carbonyl (C=O) groups is 3. The second-order valence-corrected chi connectivity index (χ2v) is 7.89. The summed E-state index contributed by atoms with van der Waals surface area (Å²) < 4.78 is 1.69. The van der Waals surface area contributed by atoms with E-state index < -0.39 is 5.91 Å². The second kappa shape index (κ2) is 7.80. The van der Waals surface area contributed by atoms with Crippen molar-refractivity contribution in [2.24, 2.45) is 0 Å². The summed E-state index contributed by atoms with van der Waals surface area (Å²) in [6, 6.07) is 9.58. The fourth-order valence-corrected chi connectivity index (χ4v) is 3.52. The number of benzene rings is 1. The molecule has 1 aromatic carbocycles. The molecule has 0 spiro atoms. The summed E-state index contributed by atoms with van der Waals surface area (Å²) in [5, 5.41) is 16.2. The Morgan fingerprint density at radius 1 is 1.22 bits per heavy atom. The number of rotatable bonds is 6. The van der Waals surface area contributed by atoms with Crippen molar-refractivity contribution in [3.05, 3.63) is 47.7 Å². The zero-order valence-electron chi connectivity index (χ0n) is 17.3. The molecule has 0 bridgehead atoms. The molecular weight excluding hydrogens is 410 g/mol. The molecule has 1 saturated carbocycles. The van der Waals surface area contributed by atoms with Gasteiger partial charge in [0.25, 0.3) is 5.91 Å². The SMILES string of the molecule is CC(=O)Nc1cccc(Nc2cc(NC3CC3)n3ncc(/C=C4\CC(=O)NC4=O)c3n2)c1. The Kier molecular flexibility index (Phi) is 4.81. The fraction of sp³-hybridized carbons (Fsp3) is 0.227. The molecule has 1 aliphatic heterocycles. The standard InChI is InChI=1S/C22H21N7O3/c1-12(30)24-16-3-2-4-17(9-16)25-18-10-19(26-15-5-6-15)29-21(27-18)14(11-23-29)7-13-8-20(31)28-22(13)32/h2-4,7,9-11,15,26H,5-6,8H2,1H3,(H,24,30)(H,25,27)(H,28,31,32)/b13-7+. The minimum atomic E-state index is -0.394. The maximum atomic E-state index is 12.0. The van der Waals surface area contributed by atoms with Gasteiger partial charge in [0.2, 0.25) is 11.8 Å². The third-order valence-electron chi connectivity index (χ3n) is 5.11. The van der Waals surface area contributed by atoms with Crippen LogP contribution in [-0.2, 0) is 14.4 Å². The Labute approximate surface area is 183 Å². The van der Waals surface area contributed by atoms with E-state index in [0.29, 0.717) is 34.3 Å². The number of fused-ring (bicyclic) bond motifs is 1. The molecule has 0 unspecified atom stereocenters. The normalized spacial score (nSPS) is 17.0. The highest BCUT2D eigenvalue weighted by Gasteiger charge is 2.25. The number of amides is 3. The van der Waals surface area contributed by atoms with Gasteiger partial charge in [-0.1, -0.05) is 6.07 Å². The summed E-state index contributed by atoms with van der Waals surface area (Å²) in [6.07, 6.45) is 5.50. The van der Waals surface area contributed by atoms with Crippen LogP contribution in [0.4, 0.5) is 23.0 Å². The monoisotopic (exact) mass is 431 g/mol. The average molecular weight is 431 g/mol. The van der Waals surface area contributed by atoms with Gasteiger partial charge in [0, 0.05) is 41.5 Å². The van der Waals surface area contributed by atoms with Crippen molar-refractivity contribution >= 4 is 52.5 Å². The molecule has 0 atom stereocenters. The van der Waals surface area contributed by atoms with Crippen LogP contribution >= 0.6 is 0 Å². The summed E-state index contributed by atoms with van der Waals surface area (Å²) >= 11 is 0. The van der Waals surface area contributed by atoms with Crippen LogP contribution in [0.25, 0.3) is 11.7 Å². The van der Waals surface area contributed by atoms with Crippen molar-refractivity contribution in [2.45, 2.75) is 32.2 Å². The molecule has 32 heavy (non-hydrogen) atoms. The molecular formula is C22H21N7O3. The van der Waals surface area contributed by atoms with Gasteiger partial charge in [-0.05, 0) is 37.1 Å². The zero-order chi connectivity index (χ0) is 22.2. The summed E-state index contributed by atoms with van der Waals surface area (Å²) in [4.78, 5) is 39.6. The molecule has 162 valence electrons. The number of hydrogen-bond acceptors (Lipinski definition) is 7. The quantitative estimate of drug-likeness (QED) is 0.348. The van der Waals surface area contributed by atoms with E-state index >= 15 is 0 Å². The first-order valence-electron chi connectivity index (χ1n) is 10.3. The van der Waals surface area contributed by atoms with E-state index in [1.165, 1.54) is 6.92 Å². The van der Waals surface area contributed by atoms with Gasteiger partial charge in [0.1, 0.15) is 11.6 Å². The van der Waals surface area contributed by atoms with Crippen molar-refractivity contribution in [3.63, 3.8) is 0 Å². The number of anilines is 4. The molecule has 2 aliphatic rings. The highest BCUT2D eigenvalue weighted by molar-refractivity contribution is 6.15. The first kappa shape index (κ1) is 19.7. The Bertz CT molecular complexity index is 1290. The summed E-state index contributed by atoms with van der Waals surface area (Å²) in [6.45, 7) is 1.46. The lowest BCUT2D eigenvalue weighted by Gasteiger charge is -2.12. The van der Waals surface area contributed by atoms with Crippen LogP contribution in [0.3, 0.4) is 0 Å². The minimum Gasteiger partial charge on any atom is -0.367 e. The lowest BCUT2D eigenvalue weighted by molar-refractivity contribution is -0.124. The number of carbonyl (C=O) groups excluding carboxylic acids is 3. The van der Waals surface area contributed by atoms with E-state index in [9.17, 15) is 14.4 Å². The Balaban J connectivity index is 1.53. The van der Waals surface area contributed by atoms with Gasteiger partial charge in [0.05, 0.1) is 12.6 Å². The molecule has 3 amide bonds. The van der Waals surface area contributed by atoms with Crippen molar-refractivity contribution in [2.75, 3.05) is 16.0 Å². The van der Waals surface area contributed by atoms with Crippen LogP contribution in [0.2, 0.25) is 0 Å². The number of aromatic nitrogens is 3. The number of nitrogens with one attached hydrogen (secondary N) is 4. The summed E-state index contributed by atoms with van der Waals surface area (Å²) in [5.41, 5.74) is 3.00. The Hall–Kier alpha value is -4.21.